The number of nitrogens with zero attached hydrogens (tertiary/aromatic N) is 2. The highest BCUT2D eigenvalue weighted by atomic mass is 32.2. The van der Waals surface area contributed by atoms with Gasteiger partial charge >= 0.3 is 0 Å². The van der Waals surface area contributed by atoms with E-state index in [1.807, 2.05) is 28.8 Å². The Morgan fingerprint density at radius 3 is 2.85 bits per heavy atom. The van der Waals surface area contributed by atoms with E-state index < -0.39 is 0 Å². The molecule has 1 aromatic heterocycles. The Morgan fingerprint density at radius 2 is 2.08 bits per heavy atom. The van der Waals surface area contributed by atoms with Crippen LogP contribution in [0.2, 0.25) is 0 Å². The Bertz CT molecular complexity index is 849. The number of carbonyl (C=O) groups is 1. The molecule has 1 N–H and O–H groups in total. The van der Waals surface area contributed by atoms with E-state index in [1.54, 1.807) is 11.8 Å². The number of thioether (sulfide) groups is 1. The van der Waals surface area contributed by atoms with E-state index in [4.69, 9.17) is 4.98 Å². The van der Waals surface area contributed by atoms with Crippen LogP contribution in [0.4, 0.5) is 0 Å². The molecule has 26 heavy (non-hydrogen) atoms. The van der Waals surface area contributed by atoms with Crippen molar-refractivity contribution in [3.8, 4) is 0 Å². The summed E-state index contributed by atoms with van der Waals surface area (Å²) in [4.78, 5) is 29.2. The topological polar surface area (TPSA) is 64.0 Å². The fourth-order valence-corrected chi connectivity index (χ4v) is 4.71. The van der Waals surface area contributed by atoms with E-state index in [1.165, 1.54) is 13.3 Å². The van der Waals surface area contributed by atoms with Crippen LogP contribution in [0.5, 0.6) is 0 Å². The zero-order chi connectivity index (χ0) is 18.7. The summed E-state index contributed by atoms with van der Waals surface area (Å²) in [6.07, 6.45) is 3.38. The third-order valence-corrected chi connectivity index (χ3v) is 6.43. The average Bonchev–Trinajstić information content (AvgIpc) is 2.62. The van der Waals surface area contributed by atoms with Crippen LogP contribution in [0.25, 0.3) is 10.9 Å². The van der Waals surface area contributed by atoms with E-state index in [-0.39, 0.29) is 17.5 Å². The highest BCUT2D eigenvalue weighted by Crippen LogP contribution is 2.38. The van der Waals surface area contributed by atoms with E-state index >= 15 is 0 Å². The van der Waals surface area contributed by atoms with E-state index in [9.17, 15) is 9.59 Å². The summed E-state index contributed by atoms with van der Waals surface area (Å²) >= 11 is 1.55. The molecular formula is C20H27N3O2S. The number of hydrogen-bond donors (Lipinski definition) is 1. The Balaban J connectivity index is 2.00. The summed E-state index contributed by atoms with van der Waals surface area (Å²) in [5.74, 6) is 1.70. The van der Waals surface area contributed by atoms with Crippen molar-refractivity contribution in [2.24, 2.45) is 11.8 Å². The van der Waals surface area contributed by atoms with Crippen LogP contribution in [0.1, 0.15) is 46.1 Å². The van der Waals surface area contributed by atoms with Gasteiger partial charge in [-0.3, -0.25) is 14.2 Å². The van der Waals surface area contributed by atoms with Crippen molar-refractivity contribution in [3.63, 3.8) is 0 Å². The van der Waals surface area contributed by atoms with Gasteiger partial charge in [-0.15, -0.1) is 0 Å². The minimum absolute atomic E-state index is 0.0378. The van der Waals surface area contributed by atoms with Gasteiger partial charge in [0.2, 0.25) is 5.91 Å². The molecule has 1 heterocycles. The van der Waals surface area contributed by atoms with Gasteiger partial charge in [-0.2, -0.15) is 0 Å². The predicted octanol–water partition coefficient (Wildman–Crippen LogP) is 3.62. The van der Waals surface area contributed by atoms with E-state index in [2.05, 4.69) is 19.2 Å². The highest BCUT2D eigenvalue weighted by Gasteiger charge is 2.31. The van der Waals surface area contributed by atoms with Crippen molar-refractivity contribution in [1.29, 1.82) is 0 Å². The summed E-state index contributed by atoms with van der Waals surface area (Å²) < 4.78 is 1.93. The van der Waals surface area contributed by atoms with Gasteiger partial charge in [-0.25, -0.2) is 4.98 Å². The lowest BCUT2D eigenvalue weighted by Crippen LogP contribution is -2.35. The first kappa shape index (κ1) is 19.0. The zero-order valence-electron chi connectivity index (χ0n) is 15.7. The molecule has 0 radical (unpaired) electrons. The average molecular weight is 374 g/mol. The number of benzene rings is 1. The highest BCUT2D eigenvalue weighted by molar-refractivity contribution is 7.99. The molecule has 0 spiro atoms. The number of amides is 1. The molecule has 3 rings (SSSR count). The first-order valence-electron chi connectivity index (χ1n) is 9.37. The predicted molar refractivity (Wildman–Crippen MR) is 107 cm³/mol. The number of para-hydroxylation sites is 1. The maximum Gasteiger partial charge on any atom is 0.262 e. The molecular weight excluding hydrogens is 346 g/mol. The van der Waals surface area contributed by atoms with Crippen LogP contribution < -0.4 is 10.9 Å². The SMILES string of the molecule is CC(=O)NCCSc1nc2ccccc2c(=O)n1[C@@H]1CCC[C@@H](C)[C@H]1C. The monoisotopic (exact) mass is 373 g/mol. The van der Waals surface area contributed by atoms with Crippen LogP contribution >= 0.6 is 11.8 Å². The number of hydrogen-bond acceptors (Lipinski definition) is 4. The lowest BCUT2D eigenvalue weighted by Gasteiger charge is -2.36. The second-order valence-corrected chi connectivity index (χ2v) is 8.31. The molecule has 0 bridgehead atoms. The molecule has 6 heteroatoms. The molecule has 1 amide bonds. The van der Waals surface area contributed by atoms with Crippen molar-refractivity contribution in [3.05, 3.63) is 34.6 Å². The lowest BCUT2D eigenvalue weighted by atomic mass is 9.78. The zero-order valence-corrected chi connectivity index (χ0v) is 16.5. The number of aromatic nitrogens is 2. The van der Waals surface area contributed by atoms with Gasteiger partial charge in [0, 0.05) is 25.3 Å². The Kier molecular flexibility index (Phi) is 6.01. The molecule has 1 aliphatic rings. The molecule has 0 unspecified atom stereocenters. The molecule has 0 aliphatic heterocycles. The summed E-state index contributed by atoms with van der Waals surface area (Å²) in [5, 5.41) is 4.26. The fourth-order valence-electron chi connectivity index (χ4n) is 3.81. The quantitative estimate of drug-likeness (QED) is 0.494. The van der Waals surface area contributed by atoms with Crippen LogP contribution in [0, 0.1) is 11.8 Å². The largest absolute Gasteiger partial charge is 0.356 e. The number of carbonyl (C=O) groups excluding carboxylic acids is 1. The second kappa shape index (κ2) is 8.25. The van der Waals surface area contributed by atoms with Gasteiger partial charge in [0.1, 0.15) is 0 Å². The Labute approximate surface area is 158 Å². The van der Waals surface area contributed by atoms with Gasteiger partial charge in [-0.1, -0.05) is 50.6 Å². The van der Waals surface area contributed by atoms with Gasteiger partial charge in [0.05, 0.1) is 10.9 Å². The van der Waals surface area contributed by atoms with Crippen LogP contribution in [-0.4, -0.2) is 27.8 Å². The minimum Gasteiger partial charge on any atom is -0.356 e. The third-order valence-electron chi connectivity index (χ3n) is 5.48. The van der Waals surface area contributed by atoms with Crippen molar-refractivity contribution in [1.82, 2.24) is 14.9 Å². The standard InChI is InChI=1S/C20H27N3O2S/c1-13-7-6-10-18(14(13)2)23-19(25)16-8-4-5-9-17(16)22-20(23)26-12-11-21-15(3)24/h4-5,8-9,13-14,18H,6-7,10-12H2,1-3H3,(H,21,24)/t13-,14-,18-/m1/s1. The molecule has 1 aliphatic carbocycles. The maximum atomic E-state index is 13.3. The molecule has 140 valence electrons. The van der Waals surface area contributed by atoms with Gasteiger partial charge in [-0.05, 0) is 30.4 Å². The molecule has 0 saturated heterocycles. The van der Waals surface area contributed by atoms with Crippen LogP contribution in [-0.2, 0) is 4.79 Å². The third kappa shape index (κ3) is 3.95. The van der Waals surface area contributed by atoms with Crippen molar-refractivity contribution in [2.45, 2.75) is 51.2 Å². The second-order valence-electron chi connectivity index (χ2n) is 7.25. The molecule has 5 nitrogen and oxygen atoms in total. The lowest BCUT2D eigenvalue weighted by molar-refractivity contribution is -0.118. The van der Waals surface area contributed by atoms with E-state index in [0.29, 0.717) is 29.5 Å². The summed E-state index contributed by atoms with van der Waals surface area (Å²) in [6, 6.07) is 7.75. The molecule has 1 saturated carbocycles. The molecule has 2 aromatic rings. The first-order chi connectivity index (χ1) is 12.5. The summed E-state index contributed by atoms with van der Waals surface area (Å²) in [6.45, 7) is 6.61. The number of fused-ring (bicyclic) bond motifs is 1. The van der Waals surface area contributed by atoms with Crippen LogP contribution in [0.15, 0.2) is 34.2 Å². The normalized spacial score (nSPS) is 23.1. The number of rotatable bonds is 5. The smallest absolute Gasteiger partial charge is 0.262 e. The molecule has 1 fully saturated rings. The first-order valence-corrected chi connectivity index (χ1v) is 10.4. The Morgan fingerprint density at radius 1 is 1.31 bits per heavy atom. The fraction of sp³-hybridized carbons (Fsp3) is 0.550. The van der Waals surface area contributed by atoms with E-state index in [0.717, 1.165) is 23.5 Å². The van der Waals surface area contributed by atoms with Gasteiger partial charge < -0.3 is 5.32 Å². The van der Waals surface area contributed by atoms with Crippen molar-refractivity contribution < 1.29 is 4.79 Å². The van der Waals surface area contributed by atoms with Gasteiger partial charge in [0.15, 0.2) is 5.16 Å². The van der Waals surface area contributed by atoms with Crippen molar-refractivity contribution >= 4 is 28.6 Å². The minimum atomic E-state index is -0.0378. The summed E-state index contributed by atoms with van der Waals surface area (Å²) in [7, 11) is 0. The maximum absolute atomic E-state index is 13.3. The summed E-state index contributed by atoms with van der Waals surface area (Å²) in [5.41, 5.74) is 0.802. The molecule has 3 atom stereocenters. The van der Waals surface area contributed by atoms with Gasteiger partial charge in [0.25, 0.3) is 5.56 Å². The molecule has 1 aromatic carbocycles. The Hall–Kier alpha value is -1.82. The van der Waals surface area contributed by atoms with Crippen LogP contribution in [0.3, 0.4) is 0 Å². The van der Waals surface area contributed by atoms with Crippen molar-refractivity contribution in [2.75, 3.05) is 12.3 Å². The number of nitrogens with one attached hydrogen (secondary N) is 1.